The highest BCUT2D eigenvalue weighted by Crippen LogP contribution is 2.23. The van der Waals surface area contributed by atoms with E-state index in [4.69, 9.17) is 5.26 Å². The molecule has 0 aliphatic carbocycles. The summed E-state index contributed by atoms with van der Waals surface area (Å²) in [5, 5.41) is 17.5. The van der Waals surface area contributed by atoms with Gasteiger partial charge in [-0.25, -0.2) is 0 Å². The van der Waals surface area contributed by atoms with Gasteiger partial charge in [0.05, 0.1) is 17.5 Å². The van der Waals surface area contributed by atoms with Gasteiger partial charge in [0.2, 0.25) is 0 Å². The van der Waals surface area contributed by atoms with Gasteiger partial charge in [-0.05, 0) is 25.5 Å². The number of hydrogen-bond acceptors (Lipinski definition) is 4. The van der Waals surface area contributed by atoms with Gasteiger partial charge >= 0.3 is 0 Å². The third-order valence-corrected chi connectivity index (χ3v) is 3.21. The molecule has 0 aliphatic heterocycles. The van der Waals surface area contributed by atoms with E-state index in [-0.39, 0.29) is 0 Å². The van der Waals surface area contributed by atoms with Crippen LogP contribution in [0.15, 0.2) is 29.4 Å². The molecule has 0 bridgehead atoms. The summed E-state index contributed by atoms with van der Waals surface area (Å²) < 4.78 is 1.98. The van der Waals surface area contributed by atoms with Gasteiger partial charge in [-0.2, -0.15) is 5.26 Å². The molecule has 17 heavy (non-hydrogen) atoms. The van der Waals surface area contributed by atoms with Crippen LogP contribution in [0.3, 0.4) is 0 Å². The fourth-order valence-corrected chi connectivity index (χ4v) is 2.28. The molecule has 0 atom stereocenters. The van der Waals surface area contributed by atoms with Gasteiger partial charge in [-0.3, -0.25) is 4.57 Å². The molecule has 0 N–H and O–H groups in total. The number of aromatic nitrogens is 3. The Morgan fingerprint density at radius 2 is 2.06 bits per heavy atom. The third-order valence-electron chi connectivity index (χ3n) is 2.42. The van der Waals surface area contributed by atoms with Gasteiger partial charge in [0.15, 0.2) is 5.16 Å². The van der Waals surface area contributed by atoms with Crippen molar-refractivity contribution in [3.8, 4) is 11.8 Å². The van der Waals surface area contributed by atoms with E-state index in [1.807, 2.05) is 42.7 Å². The average molecular weight is 244 g/mol. The maximum Gasteiger partial charge on any atom is 0.196 e. The van der Waals surface area contributed by atoms with Crippen molar-refractivity contribution < 1.29 is 0 Å². The maximum absolute atomic E-state index is 8.62. The number of para-hydroxylation sites is 1. The minimum Gasteiger partial charge on any atom is -0.274 e. The zero-order valence-electron chi connectivity index (χ0n) is 9.71. The van der Waals surface area contributed by atoms with Crippen molar-refractivity contribution in [1.82, 2.24) is 14.8 Å². The third kappa shape index (κ3) is 2.32. The Morgan fingerprint density at radius 3 is 2.76 bits per heavy atom. The quantitative estimate of drug-likeness (QED) is 0.778. The van der Waals surface area contributed by atoms with Crippen molar-refractivity contribution in [3.05, 3.63) is 35.7 Å². The molecule has 0 fully saturated rings. The van der Waals surface area contributed by atoms with Gasteiger partial charge in [-0.15, -0.1) is 10.2 Å². The summed E-state index contributed by atoms with van der Waals surface area (Å²) in [5.74, 6) is 1.21. The number of nitrogens with zero attached hydrogens (tertiary/aromatic N) is 4. The van der Waals surface area contributed by atoms with Crippen LogP contribution in [-0.4, -0.2) is 20.5 Å². The van der Waals surface area contributed by atoms with Gasteiger partial charge in [0, 0.05) is 0 Å². The van der Waals surface area contributed by atoms with E-state index in [2.05, 4.69) is 16.3 Å². The number of rotatable bonds is 3. The molecule has 0 saturated heterocycles. The molecule has 0 unspecified atom stereocenters. The summed E-state index contributed by atoms with van der Waals surface area (Å²) in [6.45, 7) is 3.96. The van der Waals surface area contributed by atoms with E-state index in [1.165, 1.54) is 11.8 Å². The first kappa shape index (κ1) is 11.7. The Bertz CT molecular complexity index is 568. The van der Waals surface area contributed by atoms with E-state index in [9.17, 15) is 0 Å². The lowest BCUT2D eigenvalue weighted by Gasteiger charge is -2.10. The molecule has 1 aromatic heterocycles. The van der Waals surface area contributed by atoms with Gasteiger partial charge < -0.3 is 0 Å². The molecule has 86 valence electrons. The number of nitriles is 1. The van der Waals surface area contributed by atoms with Crippen LogP contribution in [0.4, 0.5) is 0 Å². The van der Waals surface area contributed by atoms with Crippen molar-refractivity contribution >= 4 is 11.8 Å². The van der Waals surface area contributed by atoms with Crippen molar-refractivity contribution in [2.45, 2.75) is 19.0 Å². The Labute approximate surface area is 104 Å². The molecule has 4 nitrogen and oxygen atoms in total. The molecular weight excluding hydrogens is 232 g/mol. The van der Waals surface area contributed by atoms with E-state index in [1.54, 1.807) is 0 Å². The number of thioether (sulfide) groups is 1. The fraction of sp³-hybridized carbons (Fsp3) is 0.250. The monoisotopic (exact) mass is 244 g/mol. The van der Waals surface area contributed by atoms with E-state index >= 15 is 0 Å². The van der Waals surface area contributed by atoms with Gasteiger partial charge in [-0.1, -0.05) is 30.0 Å². The summed E-state index contributed by atoms with van der Waals surface area (Å²) >= 11 is 1.40. The molecule has 1 heterocycles. The fourth-order valence-electron chi connectivity index (χ4n) is 1.62. The van der Waals surface area contributed by atoms with E-state index in [0.29, 0.717) is 5.75 Å². The predicted octanol–water partition coefficient (Wildman–Crippen LogP) is 2.50. The van der Waals surface area contributed by atoms with Crippen LogP contribution in [0.25, 0.3) is 5.69 Å². The number of benzene rings is 1. The van der Waals surface area contributed by atoms with Crippen molar-refractivity contribution in [2.24, 2.45) is 0 Å². The molecule has 0 spiro atoms. The molecule has 0 radical (unpaired) electrons. The average Bonchev–Trinajstić information content (AvgIpc) is 2.69. The van der Waals surface area contributed by atoms with Crippen LogP contribution in [0.2, 0.25) is 0 Å². The maximum atomic E-state index is 8.62. The number of aryl methyl sites for hydroxylation is 2. The smallest absolute Gasteiger partial charge is 0.196 e. The van der Waals surface area contributed by atoms with Crippen LogP contribution in [-0.2, 0) is 0 Å². The minimum absolute atomic E-state index is 0.379. The lowest BCUT2D eigenvalue weighted by molar-refractivity contribution is 0.863. The van der Waals surface area contributed by atoms with Crippen LogP contribution in [0.1, 0.15) is 11.4 Å². The summed E-state index contributed by atoms with van der Waals surface area (Å²) in [6, 6.07) is 10.2. The Hall–Kier alpha value is -1.80. The second-order valence-corrected chi connectivity index (χ2v) is 4.54. The van der Waals surface area contributed by atoms with Gasteiger partial charge in [0.1, 0.15) is 5.82 Å². The topological polar surface area (TPSA) is 54.5 Å². The molecule has 2 rings (SSSR count). The van der Waals surface area contributed by atoms with Crippen LogP contribution >= 0.6 is 11.8 Å². The summed E-state index contributed by atoms with van der Waals surface area (Å²) in [6.07, 6.45) is 0. The Kier molecular flexibility index (Phi) is 3.45. The van der Waals surface area contributed by atoms with Crippen LogP contribution in [0.5, 0.6) is 0 Å². The zero-order chi connectivity index (χ0) is 12.3. The normalized spacial score (nSPS) is 10.2. The first-order valence-electron chi connectivity index (χ1n) is 5.22. The second kappa shape index (κ2) is 5.02. The lowest BCUT2D eigenvalue weighted by Crippen LogP contribution is -2.01. The van der Waals surface area contributed by atoms with Crippen molar-refractivity contribution in [3.63, 3.8) is 0 Å². The van der Waals surface area contributed by atoms with Crippen LogP contribution < -0.4 is 0 Å². The van der Waals surface area contributed by atoms with E-state index in [0.717, 1.165) is 22.2 Å². The Morgan fingerprint density at radius 1 is 1.29 bits per heavy atom. The van der Waals surface area contributed by atoms with Crippen molar-refractivity contribution in [1.29, 1.82) is 5.26 Å². The van der Waals surface area contributed by atoms with Crippen LogP contribution in [0, 0.1) is 25.2 Å². The Balaban J connectivity index is 2.48. The SMILES string of the molecule is Cc1ccccc1-n1c(C)nnc1SCC#N. The zero-order valence-corrected chi connectivity index (χ0v) is 10.5. The first-order chi connectivity index (χ1) is 8.24. The number of hydrogen-bond donors (Lipinski definition) is 0. The highest BCUT2D eigenvalue weighted by atomic mass is 32.2. The minimum atomic E-state index is 0.379. The molecule has 2 aromatic rings. The molecule has 5 heteroatoms. The first-order valence-corrected chi connectivity index (χ1v) is 6.20. The largest absolute Gasteiger partial charge is 0.274 e. The predicted molar refractivity (Wildman–Crippen MR) is 67.2 cm³/mol. The summed E-state index contributed by atoms with van der Waals surface area (Å²) in [4.78, 5) is 0. The van der Waals surface area contributed by atoms with E-state index < -0.39 is 0 Å². The molecule has 0 aliphatic rings. The molecular formula is C12H12N4S. The standard InChI is InChI=1S/C12H12N4S/c1-9-5-3-4-6-11(9)16-10(2)14-15-12(16)17-8-7-13/h3-6H,8H2,1-2H3. The van der Waals surface area contributed by atoms with Gasteiger partial charge in [0.25, 0.3) is 0 Å². The highest BCUT2D eigenvalue weighted by Gasteiger charge is 2.12. The highest BCUT2D eigenvalue weighted by molar-refractivity contribution is 7.99. The molecule has 0 amide bonds. The second-order valence-electron chi connectivity index (χ2n) is 3.60. The molecule has 1 aromatic carbocycles. The summed E-state index contributed by atoms with van der Waals surface area (Å²) in [7, 11) is 0. The lowest BCUT2D eigenvalue weighted by atomic mass is 10.2. The summed E-state index contributed by atoms with van der Waals surface area (Å²) in [5.41, 5.74) is 2.23. The van der Waals surface area contributed by atoms with Crippen molar-refractivity contribution in [2.75, 3.05) is 5.75 Å². The molecule has 0 saturated carbocycles.